The quantitative estimate of drug-likeness (QED) is 0.779. The minimum absolute atomic E-state index is 0.189. The molecule has 0 spiro atoms. The van der Waals surface area contributed by atoms with Crippen LogP contribution in [0.2, 0.25) is 0 Å². The van der Waals surface area contributed by atoms with E-state index in [1.165, 1.54) is 0 Å². The van der Waals surface area contributed by atoms with E-state index in [0.29, 0.717) is 6.10 Å². The lowest BCUT2D eigenvalue weighted by Crippen LogP contribution is -2.50. The number of carbonyl (C=O) groups is 1. The van der Waals surface area contributed by atoms with Crippen LogP contribution < -0.4 is 5.32 Å². The largest absolute Gasteiger partial charge is 0.444 e. The first-order chi connectivity index (χ1) is 10.9. The maximum atomic E-state index is 12.0. The fraction of sp³-hybridized carbons (Fsp3) is 0.941. The van der Waals surface area contributed by atoms with Crippen LogP contribution in [0.25, 0.3) is 0 Å². The topological polar surface area (TPSA) is 54.0 Å². The molecule has 0 atom stereocenters. The van der Waals surface area contributed by atoms with E-state index in [4.69, 9.17) is 9.47 Å². The highest BCUT2D eigenvalue weighted by molar-refractivity contribution is 5.68. The second-order valence-corrected chi connectivity index (χ2v) is 7.48. The SMILES string of the molecule is CC(C)(C)OC(=O)N1CCN(CCCOC2CCNCC2)CC1. The zero-order valence-corrected chi connectivity index (χ0v) is 15.0. The van der Waals surface area contributed by atoms with Crippen LogP contribution in [0.1, 0.15) is 40.0 Å². The van der Waals surface area contributed by atoms with Gasteiger partial charge < -0.3 is 19.7 Å². The van der Waals surface area contributed by atoms with E-state index in [1.807, 2.05) is 25.7 Å². The summed E-state index contributed by atoms with van der Waals surface area (Å²) in [6.07, 6.45) is 3.59. The monoisotopic (exact) mass is 327 g/mol. The van der Waals surface area contributed by atoms with Gasteiger partial charge in [-0.2, -0.15) is 0 Å². The Morgan fingerprint density at radius 1 is 1.13 bits per heavy atom. The van der Waals surface area contributed by atoms with Gasteiger partial charge in [0.1, 0.15) is 5.60 Å². The molecule has 2 fully saturated rings. The second-order valence-electron chi connectivity index (χ2n) is 7.48. The number of ether oxygens (including phenoxy) is 2. The van der Waals surface area contributed by atoms with E-state index in [-0.39, 0.29) is 6.09 Å². The molecule has 6 heteroatoms. The molecular formula is C17H33N3O3. The van der Waals surface area contributed by atoms with Crippen LogP contribution in [0.4, 0.5) is 4.79 Å². The van der Waals surface area contributed by atoms with Crippen LogP contribution in [0.3, 0.4) is 0 Å². The zero-order valence-electron chi connectivity index (χ0n) is 15.0. The number of piperidine rings is 1. The molecule has 6 nitrogen and oxygen atoms in total. The van der Waals surface area contributed by atoms with E-state index in [9.17, 15) is 4.79 Å². The highest BCUT2D eigenvalue weighted by atomic mass is 16.6. The number of piperazine rings is 1. The third kappa shape index (κ3) is 7.06. The van der Waals surface area contributed by atoms with Gasteiger partial charge in [-0.3, -0.25) is 4.90 Å². The average molecular weight is 327 g/mol. The first-order valence-corrected chi connectivity index (χ1v) is 8.97. The number of amides is 1. The fourth-order valence-electron chi connectivity index (χ4n) is 2.98. The maximum absolute atomic E-state index is 12.0. The molecule has 0 unspecified atom stereocenters. The summed E-state index contributed by atoms with van der Waals surface area (Å²) in [5.41, 5.74) is -0.416. The normalized spacial score (nSPS) is 21.4. The van der Waals surface area contributed by atoms with Crippen LogP contribution in [0, 0.1) is 0 Å². The van der Waals surface area contributed by atoms with Crippen molar-refractivity contribution >= 4 is 6.09 Å². The Hall–Kier alpha value is -0.850. The molecule has 0 bridgehead atoms. The van der Waals surface area contributed by atoms with Crippen molar-refractivity contribution in [2.75, 3.05) is 52.4 Å². The highest BCUT2D eigenvalue weighted by Gasteiger charge is 2.25. The van der Waals surface area contributed by atoms with Crippen molar-refractivity contribution in [3.8, 4) is 0 Å². The number of nitrogens with zero attached hydrogens (tertiary/aromatic N) is 2. The Labute approximate surface area is 140 Å². The molecule has 134 valence electrons. The molecule has 0 aromatic heterocycles. The summed E-state index contributed by atoms with van der Waals surface area (Å²) in [6.45, 7) is 13.1. The standard InChI is InChI=1S/C17H33N3O3/c1-17(2,3)23-16(21)20-12-10-19(11-13-20)9-4-14-22-15-5-7-18-8-6-15/h15,18H,4-14H2,1-3H3. The van der Waals surface area contributed by atoms with Crippen LogP contribution in [0.15, 0.2) is 0 Å². The van der Waals surface area contributed by atoms with Gasteiger partial charge in [0.25, 0.3) is 0 Å². The Balaban J connectivity index is 1.55. The molecule has 0 aromatic rings. The number of hydrogen-bond donors (Lipinski definition) is 1. The molecule has 2 saturated heterocycles. The maximum Gasteiger partial charge on any atom is 0.410 e. The summed E-state index contributed by atoms with van der Waals surface area (Å²) in [5.74, 6) is 0. The van der Waals surface area contributed by atoms with Crippen molar-refractivity contribution in [2.45, 2.75) is 51.7 Å². The third-order valence-electron chi connectivity index (χ3n) is 4.28. The van der Waals surface area contributed by atoms with Gasteiger partial charge >= 0.3 is 6.09 Å². The molecule has 2 heterocycles. The Morgan fingerprint density at radius 3 is 2.39 bits per heavy atom. The lowest BCUT2D eigenvalue weighted by molar-refractivity contribution is 0.00977. The predicted molar refractivity (Wildman–Crippen MR) is 90.7 cm³/mol. The molecule has 0 saturated carbocycles. The summed E-state index contributed by atoms with van der Waals surface area (Å²) >= 11 is 0. The molecule has 2 aliphatic heterocycles. The molecular weight excluding hydrogens is 294 g/mol. The van der Waals surface area contributed by atoms with Gasteiger partial charge in [0.05, 0.1) is 6.10 Å². The van der Waals surface area contributed by atoms with E-state index in [2.05, 4.69) is 10.2 Å². The summed E-state index contributed by atoms with van der Waals surface area (Å²) in [7, 11) is 0. The first kappa shape index (κ1) is 18.5. The summed E-state index contributed by atoms with van der Waals surface area (Å²) in [4.78, 5) is 16.2. The molecule has 1 N–H and O–H groups in total. The third-order valence-corrected chi connectivity index (χ3v) is 4.28. The minimum atomic E-state index is -0.416. The number of hydrogen-bond acceptors (Lipinski definition) is 5. The van der Waals surface area contributed by atoms with Crippen LogP contribution in [-0.4, -0.2) is 80.0 Å². The number of nitrogens with one attached hydrogen (secondary N) is 1. The molecule has 0 aliphatic carbocycles. The van der Waals surface area contributed by atoms with Gasteiger partial charge in [-0.1, -0.05) is 0 Å². The van der Waals surface area contributed by atoms with E-state index >= 15 is 0 Å². The van der Waals surface area contributed by atoms with Crippen molar-refractivity contribution in [3.05, 3.63) is 0 Å². The van der Waals surface area contributed by atoms with Crippen LogP contribution >= 0.6 is 0 Å². The van der Waals surface area contributed by atoms with Crippen molar-refractivity contribution in [1.29, 1.82) is 0 Å². The predicted octanol–water partition coefficient (Wildman–Crippen LogP) is 1.70. The molecule has 2 aliphatic rings. The van der Waals surface area contributed by atoms with Gasteiger partial charge in [0.2, 0.25) is 0 Å². The second kappa shape index (κ2) is 8.85. The number of carbonyl (C=O) groups excluding carboxylic acids is 1. The van der Waals surface area contributed by atoms with Crippen molar-refractivity contribution in [2.24, 2.45) is 0 Å². The Morgan fingerprint density at radius 2 is 1.78 bits per heavy atom. The van der Waals surface area contributed by atoms with Crippen molar-refractivity contribution < 1.29 is 14.3 Å². The molecule has 0 aromatic carbocycles. The van der Waals surface area contributed by atoms with E-state index in [1.54, 1.807) is 0 Å². The van der Waals surface area contributed by atoms with Gasteiger partial charge in [0, 0.05) is 39.3 Å². The average Bonchev–Trinajstić information content (AvgIpc) is 2.51. The van der Waals surface area contributed by atoms with Gasteiger partial charge in [-0.25, -0.2) is 4.79 Å². The summed E-state index contributed by atoms with van der Waals surface area (Å²) < 4.78 is 11.4. The van der Waals surface area contributed by atoms with Crippen molar-refractivity contribution in [3.63, 3.8) is 0 Å². The van der Waals surface area contributed by atoms with Gasteiger partial charge in [-0.05, 0) is 53.1 Å². The molecule has 0 radical (unpaired) electrons. The molecule has 23 heavy (non-hydrogen) atoms. The summed E-state index contributed by atoms with van der Waals surface area (Å²) in [5, 5.41) is 3.35. The smallest absolute Gasteiger partial charge is 0.410 e. The van der Waals surface area contributed by atoms with Gasteiger partial charge in [0.15, 0.2) is 0 Å². The minimum Gasteiger partial charge on any atom is -0.444 e. The fourth-order valence-corrected chi connectivity index (χ4v) is 2.98. The van der Waals surface area contributed by atoms with Gasteiger partial charge in [-0.15, -0.1) is 0 Å². The van der Waals surface area contributed by atoms with Crippen molar-refractivity contribution in [1.82, 2.24) is 15.1 Å². The van der Waals surface area contributed by atoms with Crippen LogP contribution in [-0.2, 0) is 9.47 Å². The molecule has 2 rings (SSSR count). The Bertz CT molecular complexity index is 357. The molecule has 1 amide bonds. The van der Waals surface area contributed by atoms with E-state index < -0.39 is 5.60 Å². The van der Waals surface area contributed by atoms with Crippen LogP contribution in [0.5, 0.6) is 0 Å². The Kier molecular flexibility index (Phi) is 7.11. The first-order valence-electron chi connectivity index (χ1n) is 8.97. The lowest BCUT2D eigenvalue weighted by atomic mass is 10.1. The van der Waals surface area contributed by atoms with E-state index in [0.717, 1.165) is 71.7 Å². The lowest BCUT2D eigenvalue weighted by Gasteiger charge is -2.35. The zero-order chi connectivity index (χ0) is 16.7. The number of rotatable bonds is 5. The summed E-state index contributed by atoms with van der Waals surface area (Å²) in [6, 6.07) is 0. The highest BCUT2D eigenvalue weighted by Crippen LogP contribution is 2.12.